The van der Waals surface area contributed by atoms with E-state index >= 15 is 0 Å². The average molecular weight is 439 g/mol. The van der Waals surface area contributed by atoms with Crippen LogP contribution >= 0.6 is 0 Å². The number of aromatic hydroxyl groups is 2. The second-order valence-electron chi connectivity index (χ2n) is 7.46. The number of pyridine rings is 3. The number of hydrogen-bond donors (Lipinski definition) is 4. The van der Waals surface area contributed by atoms with Crippen LogP contribution in [0.1, 0.15) is 0 Å². The van der Waals surface area contributed by atoms with Crippen molar-refractivity contribution >= 4 is 22.1 Å². The summed E-state index contributed by atoms with van der Waals surface area (Å²) >= 11 is 0. The zero-order valence-corrected chi connectivity index (χ0v) is 16.8. The van der Waals surface area contributed by atoms with Crippen molar-refractivity contribution in [2.75, 3.05) is 0 Å². The van der Waals surface area contributed by atoms with Gasteiger partial charge in [0.1, 0.15) is 22.8 Å². The summed E-state index contributed by atoms with van der Waals surface area (Å²) in [6.07, 6.45) is 6.14. The molecule has 4 N–H and O–H groups in total. The maximum absolute atomic E-state index is 13.9. The first-order valence-electron chi connectivity index (χ1n) is 9.89. The Morgan fingerprint density at radius 3 is 2.45 bits per heavy atom. The first kappa shape index (κ1) is 18.9. The monoisotopic (exact) mass is 439 g/mol. The number of H-pyrrole nitrogens is 2. The number of phenols is 1. The van der Waals surface area contributed by atoms with Crippen molar-refractivity contribution in [1.29, 1.82) is 0 Å². The summed E-state index contributed by atoms with van der Waals surface area (Å²) in [5.41, 5.74) is 5.22. The van der Waals surface area contributed by atoms with E-state index in [0.29, 0.717) is 56.0 Å². The Bertz CT molecular complexity index is 1650. The van der Waals surface area contributed by atoms with E-state index in [9.17, 15) is 14.6 Å². The van der Waals surface area contributed by atoms with Gasteiger partial charge in [0.2, 0.25) is 0 Å². The predicted molar refractivity (Wildman–Crippen MR) is 119 cm³/mol. The molecule has 0 atom stereocenters. The summed E-state index contributed by atoms with van der Waals surface area (Å²) in [5, 5.41) is 26.9. The van der Waals surface area contributed by atoms with Gasteiger partial charge in [0.15, 0.2) is 11.5 Å². The lowest BCUT2D eigenvalue weighted by molar-refractivity contribution is 0.469. The van der Waals surface area contributed by atoms with Gasteiger partial charge in [0.25, 0.3) is 0 Å². The van der Waals surface area contributed by atoms with Crippen molar-refractivity contribution in [1.82, 2.24) is 35.1 Å². The third-order valence-corrected chi connectivity index (χ3v) is 5.24. The van der Waals surface area contributed by atoms with Gasteiger partial charge in [-0.15, -0.1) is 0 Å². The number of nitrogens with zero attached hydrogens (tertiary/aromatic N) is 5. The first-order chi connectivity index (χ1) is 16.0. The molecule has 5 heterocycles. The fourth-order valence-electron chi connectivity index (χ4n) is 3.78. The molecule has 9 nitrogen and oxygen atoms in total. The SMILES string of the molecule is Oc1cncc(-c2ccc3[nH]nc(-c4nc5c(-c6cc(O)cc(F)c6)cncc5[nH]4)c3n2)c1. The lowest BCUT2D eigenvalue weighted by Gasteiger charge is -2.03. The van der Waals surface area contributed by atoms with Gasteiger partial charge in [-0.2, -0.15) is 5.10 Å². The standard InChI is InChI=1S/C23H14FN7O2/c24-13-3-11(4-14(32)6-13)16-9-26-10-19-20(16)29-23(28-19)22-21-18(30-31-22)2-1-17(27-21)12-5-15(33)8-25-7-12/h1-10,32-33H,(H,28,29)(H,30,31). The molecule has 0 spiro atoms. The molecule has 0 saturated heterocycles. The molecule has 0 saturated carbocycles. The van der Waals surface area contributed by atoms with Crippen molar-refractivity contribution in [2.24, 2.45) is 0 Å². The number of aromatic nitrogens is 7. The lowest BCUT2D eigenvalue weighted by Crippen LogP contribution is -1.88. The van der Waals surface area contributed by atoms with Crippen LogP contribution in [-0.2, 0) is 0 Å². The number of phenolic OH excluding ortho intramolecular Hbond substituents is 1. The summed E-state index contributed by atoms with van der Waals surface area (Å²) in [7, 11) is 0. The van der Waals surface area contributed by atoms with Crippen LogP contribution in [0.2, 0.25) is 0 Å². The van der Waals surface area contributed by atoms with E-state index in [-0.39, 0.29) is 11.5 Å². The molecule has 160 valence electrons. The van der Waals surface area contributed by atoms with Gasteiger partial charge in [-0.1, -0.05) is 0 Å². The molecule has 0 radical (unpaired) electrons. The number of fused-ring (bicyclic) bond motifs is 2. The van der Waals surface area contributed by atoms with Crippen LogP contribution in [0.3, 0.4) is 0 Å². The largest absolute Gasteiger partial charge is 0.508 e. The molecule has 33 heavy (non-hydrogen) atoms. The summed E-state index contributed by atoms with van der Waals surface area (Å²) in [5.74, 6) is -0.254. The van der Waals surface area contributed by atoms with Crippen LogP contribution in [-0.4, -0.2) is 45.3 Å². The van der Waals surface area contributed by atoms with Crippen LogP contribution < -0.4 is 0 Å². The molecule has 0 aliphatic rings. The number of rotatable bonds is 3. The number of imidazole rings is 1. The van der Waals surface area contributed by atoms with E-state index in [2.05, 4.69) is 30.1 Å². The third-order valence-electron chi connectivity index (χ3n) is 5.24. The van der Waals surface area contributed by atoms with Crippen molar-refractivity contribution in [3.05, 3.63) is 67.0 Å². The van der Waals surface area contributed by atoms with Crippen LogP contribution in [0, 0.1) is 5.82 Å². The lowest BCUT2D eigenvalue weighted by atomic mass is 10.1. The Kier molecular flexibility index (Phi) is 4.06. The van der Waals surface area contributed by atoms with E-state index < -0.39 is 5.82 Å². The Hall–Kier alpha value is -4.86. The van der Waals surface area contributed by atoms with Gasteiger partial charge in [0.05, 0.1) is 34.6 Å². The maximum Gasteiger partial charge on any atom is 0.161 e. The van der Waals surface area contributed by atoms with E-state index in [1.165, 1.54) is 18.3 Å². The Balaban J connectivity index is 1.51. The van der Waals surface area contributed by atoms with Crippen LogP contribution in [0.15, 0.2) is 61.2 Å². The van der Waals surface area contributed by atoms with Crippen LogP contribution in [0.4, 0.5) is 4.39 Å². The van der Waals surface area contributed by atoms with Crippen molar-refractivity contribution < 1.29 is 14.6 Å². The Morgan fingerprint density at radius 1 is 0.758 bits per heavy atom. The zero-order chi connectivity index (χ0) is 22.5. The first-order valence-corrected chi connectivity index (χ1v) is 9.89. The second kappa shape index (κ2) is 7.09. The molecule has 6 aromatic rings. The maximum atomic E-state index is 13.9. The quantitative estimate of drug-likeness (QED) is 0.325. The number of halogens is 1. The third kappa shape index (κ3) is 3.21. The fraction of sp³-hybridized carbons (Fsp3) is 0. The molecule has 6 rings (SSSR count). The molecule has 5 aromatic heterocycles. The normalized spacial score (nSPS) is 11.4. The molecule has 0 amide bonds. The minimum absolute atomic E-state index is 0.0440. The van der Waals surface area contributed by atoms with Gasteiger partial charge in [-0.25, -0.2) is 14.4 Å². The summed E-state index contributed by atoms with van der Waals surface area (Å²) in [6, 6.07) is 9.02. The number of hydrogen-bond acceptors (Lipinski definition) is 7. The average Bonchev–Trinajstić information content (AvgIpc) is 3.41. The van der Waals surface area contributed by atoms with Crippen molar-refractivity contribution in [2.45, 2.75) is 0 Å². The van der Waals surface area contributed by atoms with E-state index in [0.717, 1.165) is 6.07 Å². The summed E-state index contributed by atoms with van der Waals surface area (Å²) in [4.78, 5) is 20.8. The highest BCUT2D eigenvalue weighted by molar-refractivity contribution is 5.95. The molecule has 0 fully saturated rings. The predicted octanol–water partition coefficient (Wildman–Crippen LogP) is 4.18. The van der Waals surface area contributed by atoms with Crippen molar-refractivity contribution in [3.8, 4) is 45.4 Å². The number of nitrogens with one attached hydrogen (secondary N) is 2. The van der Waals surface area contributed by atoms with Crippen LogP contribution in [0.5, 0.6) is 11.5 Å². The number of aromatic amines is 2. The Labute approximate surface area is 184 Å². The second-order valence-corrected chi connectivity index (χ2v) is 7.46. The Morgan fingerprint density at radius 2 is 1.61 bits per heavy atom. The molecule has 0 bridgehead atoms. The van der Waals surface area contributed by atoms with E-state index in [1.807, 2.05) is 6.07 Å². The van der Waals surface area contributed by atoms with E-state index in [4.69, 9.17) is 4.98 Å². The number of benzene rings is 1. The molecule has 0 aliphatic heterocycles. The van der Waals surface area contributed by atoms with Gasteiger partial charge < -0.3 is 15.2 Å². The molecule has 10 heteroatoms. The molecular weight excluding hydrogens is 425 g/mol. The topological polar surface area (TPSA) is 136 Å². The highest BCUT2D eigenvalue weighted by atomic mass is 19.1. The molecule has 0 unspecified atom stereocenters. The molecule has 1 aromatic carbocycles. The summed E-state index contributed by atoms with van der Waals surface area (Å²) in [6.45, 7) is 0. The summed E-state index contributed by atoms with van der Waals surface area (Å²) < 4.78 is 13.9. The van der Waals surface area contributed by atoms with Gasteiger partial charge in [0, 0.05) is 29.6 Å². The van der Waals surface area contributed by atoms with Crippen LogP contribution in [0.25, 0.3) is 56.0 Å². The van der Waals surface area contributed by atoms with Crippen molar-refractivity contribution in [3.63, 3.8) is 0 Å². The highest BCUT2D eigenvalue weighted by Gasteiger charge is 2.17. The van der Waals surface area contributed by atoms with Gasteiger partial charge >= 0.3 is 0 Å². The molecular formula is C23H14FN7O2. The minimum Gasteiger partial charge on any atom is -0.508 e. The minimum atomic E-state index is -0.561. The van der Waals surface area contributed by atoms with E-state index in [1.54, 1.807) is 30.7 Å². The smallest absolute Gasteiger partial charge is 0.161 e. The van der Waals surface area contributed by atoms with Gasteiger partial charge in [-0.3, -0.25) is 15.1 Å². The molecule has 0 aliphatic carbocycles. The highest BCUT2D eigenvalue weighted by Crippen LogP contribution is 2.33. The zero-order valence-electron chi connectivity index (χ0n) is 16.8. The van der Waals surface area contributed by atoms with Gasteiger partial charge in [-0.05, 0) is 35.9 Å². The fourth-order valence-corrected chi connectivity index (χ4v) is 3.78.